The fourth-order valence-corrected chi connectivity index (χ4v) is 3.30. The van der Waals surface area contributed by atoms with Crippen molar-refractivity contribution in [3.63, 3.8) is 0 Å². The van der Waals surface area contributed by atoms with Crippen LogP contribution < -0.4 is 0 Å². The highest BCUT2D eigenvalue weighted by Crippen LogP contribution is 2.11. The zero-order chi connectivity index (χ0) is 25.5. The lowest BCUT2D eigenvalue weighted by Gasteiger charge is -2.03. The van der Waals surface area contributed by atoms with E-state index in [2.05, 4.69) is 20.2 Å². The van der Waals surface area contributed by atoms with E-state index < -0.39 is 17.9 Å². The van der Waals surface area contributed by atoms with Crippen molar-refractivity contribution >= 4 is 17.9 Å². The molecule has 0 bridgehead atoms. The topological polar surface area (TPSA) is 236 Å². The molecule has 0 aliphatic heterocycles. The third-order valence-electron chi connectivity index (χ3n) is 5.13. The second kappa shape index (κ2) is 18.1. The van der Waals surface area contributed by atoms with Gasteiger partial charge >= 0.3 is 17.9 Å². The van der Waals surface area contributed by atoms with Gasteiger partial charge in [0.25, 0.3) is 0 Å². The van der Waals surface area contributed by atoms with Crippen molar-refractivity contribution in [1.82, 2.24) is 29.5 Å². The number of aromatic nitrogens is 6. The second-order valence-electron chi connectivity index (χ2n) is 7.86. The van der Waals surface area contributed by atoms with Crippen molar-refractivity contribution in [2.45, 2.75) is 64.5 Å². The van der Waals surface area contributed by atoms with E-state index >= 15 is 0 Å². The Morgan fingerprint density at radius 1 is 0.568 bits per heavy atom. The molecule has 3 rings (SSSR count). The molecule has 14 nitrogen and oxygen atoms in total. The molecule has 14 heteroatoms. The minimum atomic E-state index is -1.37. The molecule has 0 fully saturated rings. The van der Waals surface area contributed by atoms with Crippen LogP contribution in [0.5, 0.6) is 0 Å². The fraction of sp³-hybridized carbons (Fsp3) is 0.435. The highest BCUT2D eigenvalue weighted by molar-refractivity contribution is 5.98. The van der Waals surface area contributed by atoms with E-state index in [0.29, 0.717) is 0 Å². The second-order valence-corrected chi connectivity index (χ2v) is 7.86. The van der Waals surface area contributed by atoms with Crippen LogP contribution in [0.15, 0.2) is 43.5 Å². The van der Waals surface area contributed by atoms with Gasteiger partial charge in [0.05, 0.1) is 16.7 Å². The Morgan fingerprint density at radius 2 is 0.865 bits per heavy atom. The number of carboxylic acid groups (broad SMARTS) is 3. The fourth-order valence-electron chi connectivity index (χ4n) is 3.30. The molecule has 0 saturated heterocycles. The summed E-state index contributed by atoms with van der Waals surface area (Å²) in [5.74, 6) is -4.12. The molecule has 0 spiro atoms. The van der Waals surface area contributed by atoms with Crippen LogP contribution in [0.25, 0.3) is 0 Å². The normalized spacial score (nSPS) is 9.84. The Bertz CT molecular complexity index is 936. The van der Waals surface area contributed by atoms with Crippen LogP contribution in [0.1, 0.15) is 82.4 Å². The number of carboxylic acids is 3. The summed E-state index contributed by atoms with van der Waals surface area (Å²) in [5, 5.41) is 34.0. The van der Waals surface area contributed by atoms with Crippen LogP contribution in [0.4, 0.5) is 0 Å². The molecule has 0 radical (unpaired) electrons. The molecule has 0 amide bonds. The number of aromatic carboxylic acids is 3. The molecule has 3 aromatic rings. The van der Waals surface area contributed by atoms with Crippen molar-refractivity contribution in [3.05, 3.63) is 60.2 Å². The van der Waals surface area contributed by atoms with Gasteiger partial charge in [-0.2, -0.15) is 10.2 Å². The van der Waals surface area contributed by atoms with Crippen LogP contribution in [0.2, 0.25) is 0 Å². The van der Waals surface area contributed by atoms with E-state index in [9.17, 15) is 14.4 Å². The quantitative estimate of drug-likeness (QED) is 0.259. The summed E-state index contributed by atoms with van der Waals surface area (Å²) >= 11 is 0. The maximum absolute atomic E-state index is 10.6. The first kappa shape index (κ1) is 32.8. The number of carbonyl (C=O) groups is 3. The Kier molecular flexibility index (Phi) is 16.1. The van der Waals surface area contributed by atoms with Gasteiger partial charge in [0.1, 0.15) is 25.3 Å². The maximum Gasteiger partial charge on any atom is 0.335 e. The molecule has 0 saturated carbocycles. The molecule has 0 aliphatic carbocycles. The molecule has 0 aliphatic rings. The summed E-state index contributed by atoms with van der Waals surface area (Å²) in [6.45, 7) is 2.00. The summed E-state index contributed by atoms with van der Waals surface area (Å²) in [4.78, 5) is 39.6. The van der Waals surface area contributed by atoms with E-state index in [4.69, 9.17) is 15.3 Å². The standard InChI is InChI=1S/C14H24N6.C9H6O6.2H2O/c1(3-5-7-9-19-13-15-11-17-19)2-4-6-8-10-20-14-16-12-18-20;10-7(11)4-1-5(8(12)13)3-6(2-4)9(14)15;;/h11-14H,1-10H2;1-3H,(H,10,11)(H,12,13)(H,14,15);2*1H2. The van der Waals surface area contributed by atoms with Crippen molar-refractivity contribution in [2.24, 2.45) is 0 Å². The van der Waals surface area contributed by atoms with Gasteiger partial charge in [0.15, 0.2) is 0 Å². The smallest absolute Gasteiger partial charge is 0.335 e. The third-order valence-corrected chi connectivity index (χ3v) is 5.13. The summed E-state index contributed by atoms with van der Waals surface area (Å²) in [6, 6.07) is 2.70. The molecule has 7 N–H and O–H groups in total. The number of rotatable bonds is 14. The van der Waals surface area contributed by atoms with Gasteiger partial charge in [-0.25, -0.2) is 24.4 Å². The highest BCUT2D eigenvalue weighted by atomic mass is 16.4. The number of nitrogens with zero attached hydrogens (tertiary/aromatic N) is 6. The lowest BCUT2D eigenvalue weighted by Crippen LogP contribution is -2.07. The van der Waals surface area contributed by atoms with Gasteiger partial charge in [-0.1, -0.05) is 38.5 Å². The minimum absolute atomic E-state index is 0. The average molecular weight is 523 g/mol. The van der Waals surface area contributed by atoms with E-state index in [-0.39, 0.29) is 27.6 Å². The lowest BCUT2D eigenvalue weighted by atomic mass is 10.1. The average Bonchev–Trinajstić information content (AvgIpc) is 3.55. The lowest BCUT2D eigenvalue weighted by molar-refractivity contribution is 0.0696. The first-order valence-corrected chi connectivity index (χ1v) is 11.4. The zero-order valence-corrected chi connectivity index (χ0v) is 20.4. The van der Waals surface area contributed by atoms with Gasteiger partial charge in [0.2, 0.25) is 0 Å². The van der Waals surface area contributed by atoms with Gasteiger partial charge in [-0.15, -0.1) is 0 Å². The number of hydrogen-bond acceptors (Lipinski definition) is 7. The summed E-state index contributed by atoms with van der Waals surface area (Å²) < 4.78 is 3.81. The first-order valence-electron chi connectivity index (χ1n) is 11.4. The molecular weight excluding hydrogens is 488 g/mol. The SMILES string of the molecule is O.O.O=C(O)c1cc(C(=O)O)cc(C(=O)O)c1.c1ncn(CCCCCCCCCCn2cncn2)n1. The van der Waals surface area contributed by atoms with Gasteiger partial charge in [-0.05, 0) is 31.0 Å². The Hall–Kier alpha value is -4.17. The molecule has 2 heterocycles. The number of hydrogen-bond donors (Lipinski definition) is 3. The zero-order valence-electron chi connectivity index (χ0n) is 20.4. The Labute approximate surface area is 213 Å². The van der Waals surface area contributed by atoms with Crippen LogP contribution >= 0.6 is 0 Å². The van der Waals surface area contributed by atoms with E-state index in [1.807, 2.05) is 9.36 Å². The van der Waals surface area contributed by atoms with E-state index in [1.54, 1.807) is 25.3 Å². The van der Waals surface area contributed by atoms with Gasteiger partial charge in [-0.3, -0.25) is 9.36 Å². The number of aryl methyl sites for hydroxylation is 2. The van der Waals surface area contributed by atoms with Crippen molar-refractivity contribution in [2.75, 3.05) is 0 Å². The highest BCUT2D eigenvalue weighted by Gasteiger charge is 2.14. The van der Waals surface area contributed by atoms with Gasteiger partial charge in [0, 0.05) is 13.1 Å². The molecule has 37 heavy (non-hydrogen) atoms. The molecule has 0 unspecified atom stereocenters. The van der Waals surface area contributed by atoms with Crippen LogP contribution in [-0.2, 0) is 13.1 Å². The third kappa shape index (κ3) is 12.9. The molecule has 0 atom stereocenters. The van der Waals surface area contributed by atoms with Gasteiger partial charge < -0.3 is 26.3 Å². The summed E-state index contributed by atoms with van der Waals surface area (Å²) in [7, 11) is 0. The van der Waals surface area contributed by atoms with E-state index in [0.717, 1.165) is 31.3 Å². The van der Waals surface area contributed by atoms with Crippen molar-refractivity contribution in [3.8, 4) is 0 Å². The predicted octanol–water partition coefficient (Wildman–Crippen LogP) is 1.82. The molecular formula is C23H34N6O8. The molecule has 1 aromatic carbocycles. The number of benzene rings is 1. The Morgan fingerprint density at radius 3 is 1.11 bits per heavy atom. The Balaban J connectivity index is 0.000000690. The molecule has 2 aromatic heterocycles. The summed E-state index contributed by atoms with van der Waals surface area (Å²) in [6.07, 6.45) is 17.1. The minimum Gasteiger partial charge on any atom is -0.478 e. The van der Waals surface area contributed by atoms with Crippen molar-refractivity contribution < 1.29 is 40.7 Å². The summed E-state index contributed by atoms with van der Waals surface area (Å²) in [5.41, 5.74) is -1.10. The monoisotopic (exact) mass is 522 g/mol. The predicted molar refractivity (Wildman–Crippen MR) is 132 cm³/mol. The first-order chi connectivity index (χ1) is 16.9. The largest absolute Gasteiger partial charge is 0.478 e. The van der Waals surface area contributed by atoms with E-state index in [1.165, 1.54) is 51.4 Å². The van der Waals surface area contributed by atoms with Crippen LogP contribution in [-0.4, -0.2) is 73.7 Å². The molecule has 204 valence electrons. The van der Waals surface area contributed by atoms with Crippen LogP contribution in [0, 0.1) is 0 Å². The maximum atomic E-state index is 10.6. The number of unbranched alkanes of at least 4 members (excludes halogenated alkanes) is 7. The van der Waals surface area contributed by atoms with Crippen LogP contribution in [0.3, 0.4) is 0 Å². The van der Waals surface area contributed by atoms with Crippen molar-refractivity contribution in [1.29, 1.82) is 0 Å².